The van der Waals surface area contributed by atoms with Crippen molar-refractivity contribution in [3.8, 4) is 0 Å². The fourth-order valence-corrected chi connectivity index (χ4v) is 3.85. The van der Waals surface area contributed by atoms with Gasteiger partial charge in [-0.15, -0.1) is 0 Å². The third-order valence-electron chi connectivity index (χ3n) is 3.89. The molecular formula is C17H24BFN4S2. The normalized spacial score (nSPS) is 27.6. The topological polar surface area (TPSA) is 53.6 Å². The van der Waals surface area contributed by atoms with Crippen molar-refractivity contribution in [3.63, 3.8) is 0 Å². The summed E-state index contributed by atoms with van der Waals surface area (Å²) in [4.78, 5) is 5.22. The summed E-state index contributed by atoms with van der Waals surface area (Å²) in [6, 6.07) is 0. The summed E-state index contributed by atoms with van der Waals surface area (Å²) < 4.78 is 19.8. The molecule has 2 heterocycles. The minimum Gasteiger partial charge on any atom is -0.403 e. The van der Waals surface area contributed by atoms with Crippen LogP contribution in [-0.4, -0.2) is 37.3 Å². The van der Waals surface area contributed by atoms with E-state index in [1.54, 1.807) is 18.0 Å². The van der Waals surface area contributed by atoms with Crippen LogP contribution in [0, 0.1) is 11.8 Å². The molecule has 1 saturated carbocycles. The fraction of sp³-hybridized carbons (Fsp3) is 0.471. The molecule has 3 aliphatic rings. The van der Waals surface area contributed by atoms with E-state index in [0.29, 0.717) is 16.5 Å². The van der Waals surface area contributed by atoms with Crippen LogP contribution in [0.15, 0.2) is 51.9 Å². The number of aliphatic imine (C=N–C) groups is 1. The van der Waals surface area contributed by atoms with Gasteiger partial charge in [-0.1, -0.05) is 30.9 Å². The van der Waals surface area contributed by atoms with Gasteiger partial charge in [0.2, 0.25) is 0 Å². The Hall–Kier alpha value is -1.12. The molecule has 1 unspecified atom stereocenters. The summed E-state index contributed by atoms with van der Waals surface area (Å²) in [5.74, 6) is 1.31. The number of halogens is 1. The Balaban J connectivity index is 0.00000109. The molecule has 3 rings (SSSR count). The third kappa shape index (κ3) is 5.97. The van der Waals surface area contributed by atoms with E-state index in [1.165, 1.54) is 31.0 Å². The van der Waals surface area contributed by atoms with Gasteiger partial charge in [-0.05, 0) is 43.2 Å². The highest BCUT2D eigenvalue weighted by Crippen LogP contribution is 2.36. The van der Waals surface area contributed by atoms with Crippen LogP contribution in [0.2, 0.25) is 6.82 Å². The number of nitrogens with two attached hydrogens (primary N) is 1. The van der Waals surface area contributed by atoms with Gasteiger partial charge in [0.05, 0.1) is 18.4 Å². The van der Waals surface area contributed by atoms with Crippen molar-refractivity contribution in [2.75, 3.05) is 19.3 Å². The van der Waals surface area contributed by atoms with Gasteiger partial charge in [0, 0.05) is 31.1 Å². The second kappa shape index (κ2) is 10.1. The van der Waals surface area contributed by atoms with E-state index < -0.39 is 0 Å². The van der Waals surface area contributed by atoms with Crippen molar-refractivity contribution in [2.24, 2.45) is 22.6 Å². The van der Waals surface area contributed by atoms with Crippen LogP contribution in [0.1, 0.15) is 12.8 Å². The van der Waals surface area contributed by atoms with Crippen LogP contribution >= 0.6 is 23.9 Å². The molecule has 1 fully saturated rings. The van der Waals surface area contributed by atoms with Gasteiger partial charge in [0.25, 0.3) is 0 Å². The molecular weight excluding hydrogens is 354 g/mol. The van der Waals surface area contributed by atoms with Crippen molar-refractivity contribution >= 4 is 37.6 Å². The van der Waals surface area contributed by atoms with Crippen LogP contribution in [0.25, 0.3) is 0 Å². The lowest BCUT2D eigenvalue weighted by Gasteiger charge is -2.24. The summed E-state index contributed by atoms with van der Waals surface area (Å²) in [6.45, 7) is 3.23. The standard InChI is InChI=1S/C16H21FN4S2.CH3B/c1-22-21-6-2-3-11(10-21)7-13(17)8-15-14(9-18)19-16(20-23-15)12-4-5-12;1-2/h2-3,7-9,11-12H,4-6,10,18H2,1H3,(H,19,20);1H3/b13-7+,14-9-,15-8+;. The zero-order chi connectivity index (χ0) is 18.2. The summed E-state index contributed by atoms with van der Waals surface area (Å²) >= 11 is 3.07. The SMILES string of the molecule is CSN1CC=CC(\C=C(F)/C=C2/SNC(C3CC3)=N/C2=C\N)C1.[B]C. The average Bonchev–Trinajstić information content (AvgIpc) is 3.49. The highest BCUT2D eigenvalue weighted by atomic mass is 32.2. The van der Waals surface area contributed by atoms with Gasteiger partial charge < -0.3 is 10.5 Å². The predicted octanol–water partition coefficient (Wildman–Crippen LogP) is 3.55. The molecule has 25 heavy (non-hydrogen) atoms. The lowest BCUT2D eigenvalue weighted by molar-refractivity contribution is 0.460. The van der Waals surface area contributed by atoms with Crippen LogP contribution in [0.3, 0.4) is 0 Å². The molecule has 134 valence electrons. The molecule has 1 aliphatic carbocycles. The first-order valence-electron chi connectivity index (χ1n) is 8.25. The summed E-state index contributed by atoms with van der Waals surface area (Å²) in [5, 5.41) is 0. The highest BCUT2D eigenvalue weighted by molar-refractivity contribution is 8.02. The quantitative estimate of drug-likeness (QED) is 0.445. The molecule has 8 heteroatoms. The van der Waals surface area contributed by atoms with Crippen molar-refractivity contribution in [3.05, 3.63) is 46.9 Å². The molecule has 0 aromatic carbocycles. The van der Waals surface area contributed by atoms with Gasteiger partial charge >= 0.3 is 0 Å². The van der Waals surface area contributed by atoms with E-state index in [-0.39, 0.29) is 11.7 Å². The Bertz CT molecular complexity index is 612. The fourth-order valence-electron chi connectivity index (χ4n) is 2.48. The molecule has 0 saturated heterocycles. The maximum absolute atomic E-state index is 14.3. The lowest BCUT2D eigenvalue weighted by atomic mass is 10.1. The van der Waals surface area contributed by atoms with Crippen LogP contribution < -0.4 is 10.5 Å². The van der Waals surface area contributed by atoms with E-state index in [9.17, 15) is 4.39 Å². The minimum atomic E-state index is -0.253. The number of rotatable bonds is 4. The van der Waals surface area contributed by atoms with Crippen LogP contribution in [0.5, 0.6) is 0 Å². The summed E-state index contributed by atoms with van der Waals surface area (Å²) in [7, 11) is 4.50. The smallest absolute Gasteiger partial charge is 0.121 e. The molecule has 0 spiro atoms. The minimum absolute atomic E-state index is 0.0884. The van der Waals surface area contributed by atoms with Crippen molar-refractivity contribution in [1.29, 1.82) is 0 Å². The molecule has 0 aromatic rings. The van der Waals surface area contributed by atoms with E-state index in [0.717, 1.165) is 31.8 Å². The first-order chi connectivity index (χ1) is 12.2. The lowest BCUT2D eigenvalue weighted by Crippen LogP contribution is -2.25. The average molecular weight is 378 g/mol. The molecule has 0 amide bonds. The van der Waals surface area contributed by atoms with Crippen molar-refractivity contribution in [2.45, 2.75) is 19.7 Å². The Morgan fingerprint density at radius 1 is 1.52 bits per heavy atom. The van der Waals surface area contributed by atoms with E-state index in [1.807, 2.05) is 6.26 Å². The van der Waals surface area contributed by atoms with Gasteiger partial charge in [-0.3, -0.25) is 0 Å². The first kappa shape index (κ1) is 20.2. The van der Waals surface area contributed by atoms with Gasteiger partial charge in [0.15, 0.2) is 0 Å². The number of amidine groups is 1. The monoisotopic (exact) mass is 378 g/mol. The molecule has 1 atom stereocenters. The van der Waals surface area contributed by atoms with Crippen LogP contribution in [-0.2, 0) is 0 Å². The van der Waals surface area contributed by atoms with Crippen molar-refractivity contribution in [1.82, 2.24) is 9.03 Å². The second-order valence-electron chi connectivity index (χ2n) is 5.71. The Morgan fingerprint density at radius 2 is 2.28 bits per heavy atom. The Morgan fingerprint density at radius 3 is 2.92 bits per heavy atom. The predicted molar refractivity (Wildman–Crippen MR) is 110 cm³/mol. The Labute approximate surface area is 159 Å². The summed E-state index contributed by atoms with van der Waals surface area (Å²) in [6.07, 6.45) is 13.1. The van der Waals surface area contributed by atoms with Gasteiger partial charge in [-0.25, -0.2) is 13.7 Å². The molecule has 2 aliphatic heterocycles. The molecule has 4 nitrogen and oxygen atoms in total. The van der Waals surface area contributed by atoms with Crippen LogP contribution in [0.4, 0.5) is 4.39 Å². The van der Waals surface area contributed by atoms with Crippen molar-refractivity contribution < 1.29 is 4.39 Å². The maximum Gasteiger partial charge on any atom is 0.121 e. The molecule has 0 bridgehead atoms. The largest absolute Gasteiger partial charge is 0.403 e. The zero-order valence-corrected chi connectivity index (χ0v) is 16.2. The summed E-state index contributed by atoms with van der Waals surface area (Å²) in [5.41, 5.74) is 6.30. The second-order valence-corrected chi connectivity index (χ2v) is 7.44. The van der Waals surface area contributed by atoms with E-state index >= 15 is 0 Å². The number of nitrogens with zero attached hydrogens (tertiary/aromatic N) is 2. The number of hydrogen-bond acceptors (Lipinski definition) is 6. The van der Waals surface area contributed by atoms with Gasteiger partial charge in [-0.2, -0.15) is 0 Å². The van der Waals surface area contributed by atoms with E-state index in [4.69, 9.17) is 5.73 Å². The Kier molecular flexibility index (Phi) is 8.19. The molecule has 0 aromatic heterocycles. The molecule has 2 radical (unpaired) electrons. The number of hydrogen-bond donors (Lipinski definition) is 2. The number of allylic oxidation sites excluding steroid dienone is 2. The third-order valence-corrected chi connectivity index (χ3v) is 5.56. The van der Waals surface area contributed by atoms with E-state index in [2.05, 4.69) is 34.0 Å². The maximum atomic E-state index is 14.3. The molecule has 3 N–H and O–H groups in total. The highest BCUT2D eigenvalue weighted by Gasteiger charge is 2.30. The first-order valence-corrected chi connectivity index (χ1v) is 10.3. The van der Waals surface area contributed by atoms with Gasteiger partial charge in [0.1, 0.15) is 11.7 Å². The number of nitrogens with one attached hydrogen (secondary N) is 1. The zero-order valence-electron chi connectivity index (χ0n) is 14.6.